The molecule has 0 aliphatic carbocycles. The fourth-order valence-corrected chi connectivity index (χ4v) is 2.93. The molecular formula is C17H16BrCl2NO2. The molecule has 3 nitrogen and oxygen atoms in total. The average Bonchev–Trinajstić information content (AvgIpc) is 2.51. The van der Waals surface area contributed by atoms with Crippen molar-refractivity contribution in [2.45, 2.75) is 20.8 Å². The van der Waals surface area contributed by atoms with Crippen molar-refractivity contribution in [3.05, 3.63) is 55.5 Å². The van der Waals surface area contributed by atoms with Gasteiger partial charge in [-0.05, 0) is 71.6 Å². The van der Waals surface area contributed by atoms with Crippen LogP contribution in [0.1, 0.15) is 16.7 Å². The average molecular weight is 417 g/mol. The van der Waals surface area contributed by atoms with Gasteiger partial charge < -0.3 is 10.1 Å². The highest BCUT2D eigenvalue weighted by Gasteiger charge is 2.13. The van der Waals surface area contributed by atoms with Crippen LogP contribution in [-0.4, -0.2) is 12.5 Å². The van der Waals surface area contributed by atoms with Crippen molar-refractivity contribution in [3.63, 3.8) is 0 Å². The van der Waals surface area contributed by atoms with Crippen LogP contribution in [0.25, 0.3) is 0 Å². The number of nitrogens with one attached hydrogen (secondary N) is 1. The molecule has 2 rings (SSSR count). The molecule has 6 heteroatoms. The molecule has 0 radical (unpaired) electrons. The smallest absolute Gasteiger partial charge is 0.262 e. The molecule has 0 aromatic heterocycles. The molecule has 0 atom stereocenters. The lowest BCUT2D eigenvalue weighted by Gasteiger charge is -2.14. The zero-order valence-corrected chi connectivity index (χ0v) is 16.1. The maximum atomic E-state index is 12.1. The third-order valence-corrected chi connectivity index (χ3v) is 5.20. The maximum absolute atomic E-state index is 12.1. The first-order valence-electron chi connectivity index (χ1n) is 6.93. The molecule has 0 unspecified atom stereocenters. The van der Waals surface area contributed by atoms with Gasteiger partial charge in [-0.2, -0.15) is 0 Å². The highest BCUT2D eigenvalue weighted by Crippen LogP contribution is 2.35. The maximum Gasteiger partial charge on any atom is 0.262 e. The Morgan fingerprint density at radius 3 is 2.57 bits per heavy atom. The standard InChI is InChI=1S/C17H16BrCl2NO2/c1-9-4-5-12(19)7-13(9)21-15(22)8-23-14-6-10(2)17(20)11(3)16(14)18/h4-7H,8H2,1-3H3,(H,21,22). The van der Waals surface area contributed by atoms with Gasteiger partial charge in [0.05, 0.1) is 4.47 Å². The number of rotatable bonds is 4. The first kappa shape index (κ1) is 18.1. The fourth-order valence-electron chi connectivity index (χ4n) is 2.06. The highest BCUT2D eigenvalue weighted by atomic mass is 79.9. The highest BCUT2D eigenvalue weighted by molar-refractivity contribution is 9.10. The second kappa shape index (κ2) is 7.56. The Balaban J connectivity index is 2.07. The van der Waals surface area contributed by atoms with Crippen LogP contribution < -0.4 is 10.1 Å². The first-order chi connectivity index (χ1) is 10.8. The van der Waals surface area contributed by atoms with Gasteiger partial charge in [0.1, 0.15) is 5.75 Å². The molecular weight excluding hydrogens is 401 g/mol. The van der Waals surface area contributed by atoms with Gasteiger partial charge in [0.25, 0.3) is 5.91 Å². The van der Waals surface area contributed by atoms with E-state index in [2.05, 4.69) is 21.2 Å². The van der Waals surface area contributed by atoms with Crippen LogP contribution in [0.15, 0.2) is 28.7 Å². The zero-order chi connectivity index (χ0) is 17.1. The van der Waals surface area contributed by atoms with Crippen LogP contribution in [0.3, 0.4) is 0 Å². The van der Waals surface area contributed by atoms with E-state index in [0.29, 0.717) is 21.5 Å². The van der Waals surface area contributed by atoms with Crippen molar-refractivity contribution < 1.29 is 9.53 Å². The zero-order valence-electron chi connectivity index (χ0n) is 13.0. The minimum absolute atomic E-state index is 0.106. The van der Waals surface area contributed by atoms with E-state index in [4.69, 9.17) is 27.9 Å². The Bertz CT molecular complexity index is 763. The Morgan fingerprint density at radius 2 is 1.87 bits per heavy atom. The lowest BCUT2D eigenvalue weighted by molar-refractivity contribution is -0.118. The second-order valence-corrected chi connectivity index (χ2v) is 6.85. The lowest BCUT2D eigenvalue weighted by Crippen LogP contribution is -2.20. The van der Waals surface area contributed by atoms with Crippen molar-refractivity contribution in [1.82, 2.24) is 0 Å². The molecule has 23 heavy (non-hydrogen) atoms. The van der Waals surface area contributed by atoms with E-state index in [1.165, 1.54) is 0 Å². The van der Waals surface area contributed by atoms with E-state index < -0.39 is 0 Å². The van der Waals surface area contributed by atoms with Crippen LogP contribution in [0.5, 0.6) is 5.75 Å². The predicted molar refractivity (Wildman–Crippen MR) is 98.9 cm³/mol. The van der Waals surface area contributed by atoms with Crippen LogP contribution in [0.4, 0.5) is 5.69 Å². The van der Waals surface area contributed by atoms with Gasteiger partial charge in [0.15, 0.2) is 6.61 Å². The van der Waals surface area contributed by atoms with Gasteiger partial charge in [0.2, 0.25) is 0 Å². The number of ether oxygens (including phenoxy) is 1. The SMILES string of the molecule is Cc1ccc(Cl)cc1NC(=O)COc1cc(C)c(Cl)c(C)c1Br. The van der Waals surface area contributed by atoms with Gasteiger partial charge in [-0.3, -0.25) is 4.79 Å². The second-order valence-electron chi connectivity index (χ2n) is 5.24. The molecule has 0 aliphatic rings. The van der Waals surface area contributed by atoms with Crippen molar-refractivity contribution >= 4 is 50.7 Å². The predicted octanol–water partition coefficient (Wildman–Crippen LogP) is 5.70. The summed E-state index contributed by atoms with van der Waals surface area (Å²) >= 11 is 15.6. The van der Waals surface area contributed by atoms with Gasteiger partial charge >= 0.3 is 0 Å². The molecule has 2 aromatic carbocycles. The van der Waals surface area contributed by atoms with Crippen LogP contribution in [0, 0.1) is 20.8 Å². The molecule has 0 fully saturated rings. The molecule has 0 saturated heterocycles. The number of carbonyl (C=O) groups is 1. The number of halogens is 3. The van der Waals surface area contributed by atoms with Gasteiger partial charge in [-0.15, -0.1) is 0 Å². The van der Waals surface area contributed by atoms with Crippen LogP contribution in [-0.2, 0) is 4.79 Å². The molecule has 1 N–H and O–H groups in total. The van der Waals surface area contributed by atoms with Gasteiger partial charge in [0, 0.05) is 15.7 Å². The summed E-state index contributed by atoms with van der Waals surface area (Å²) in [6.45, 7) is 5.58. The number of aryl methyl sites for hydroxylation is 2. The molecule has 1 amide bonds. The Labute approximate surface area is 154 Å². The summed E-state index contributed by atoms with van der Waals surface area (Å²) in [5.74, 6) is 0.329. The lowest BCUT2D eigenvalue weighted by atomic mass is 10.1. The minimum Gasteiger partial charge on any atom is -0.483 e. The molecule has 2 aromatic rings. The normalized spacial score (nSPS) is 10.5. The van der Waals surface area contributed by atoms with Crippen molar-refractivity contribution in [1.29, 1.82) is 0 Å². The number of amides is 1. The monoisotopic (exact) mass is 415 g/mol. The quantitative estimate of drug-likeness (QED) is 0.694. The summed E-state index contributed by atoms with van der Waals surface area (Å²) in [7, 11) is 0. The van der Waals surface area contributed by atoms with E-state index >= 15 is 0 Å². The van der Waals surface area contributed by atoms with Gasteiger partial charge in [-0.1, -0.05) is 29.3 Å². The van der Waals surface area contributed by atoms with E-state index in [0.717, 1.165) is 21.2 Å². The van der Waals surface area contributed by atoms with Crippen LogP contribution in [0.2, 0.25) is 10.0 Å². The number of hydrogen-bond acceptors (Lipinski definition) is 2. The van der Waals surface area contributed by atoms with E-state index in [1.807, 2.05) is 26.8 Å². The van der Waals surface area contributed by atoms with Crippen molar-refractivity contribution in [2.75, 3.05) is 11.9 Å². The molecule has 0 saturated carbocycles. The summed E-state index contributed by atoms with van der Waals surface area (Å²) in [5, 5.41) is 4.04. The largest absolute Gasteiger partial charge is 0.483 e. The Hall–Kier alpha value is -1.23. The number of carbonyl (C=O) groups excluding carboxylic acids is 1. The topological polar surface area (TPSA) is 38.3 Å². The van der Waals surface area contributed by atoms with E-state index in [9.17, 15) is 4.79 Å². The van der Waals surface area contributed by atoms with Crippen molar-refractivity contribution in [2.24, 2.45) is 0 Å². The minimum atomic E-state index is -0.257. The third kappa shape index (κ3) is 4.40. The summed E-state index contributed by atoms with van der Waals surface area (Å²) in [5.41, 5.74) is 3.39. The fraction of sp³-hybridized carbons (Fsp3) is 0.235. The Kier molecular flexibility index (Phi) is 5.95. The van der Waals surface area contributed by atoms with Crippen molar-refractivity contribution in [3.8, 4) is 5.75 Å². The molecule has 0 spiro atoms. The molecule has 0 bridgehead atoms. The van der Waals surface area contributed by atoms with Gasteiger partial charge in [-0.25, -0.2) is 0 Å². The summed E-state index contributed by atoms with van der Waals surface area (Å²) in [4.78, 5) is 12.1. The first-order valence-corrected chi connectivity index (χ1v) is 8.48. The number of benzene rings is 2. The molecule has 0 heterocycles. The van der Waals surface area contributed by atoms with E-state index in [-0.39, 0.29) is 12.5 Å². The van der Waals surface area contributed by atoms with Crippen LogP contribution >= 0.6 is 39.1 Å². The summed E-state index contributed by atoms with van der Waals surface area (Å²) in [6.07, 6.45) is 0. The number of hydrogen-bond donors (Lipinski definition) is 1. The Morgan fingerprint density at radius 1 is 1.17 bits per heavy atom. The summed E-state index contributed by atoms with van der Waals surface area (Å²) in [6, 6.07) is 7.14. The number of anilines is 1. The van der Waals surface area contributed by atoms with E-state index in [1.54, 1.807) is 18.2 Å². The molecule has 0 aliphatic heterocycles. The summed E-state index contributed by atoms with van der Waals surface area (Å²) < 4.78 is 6.36. The third-order valence-electron chi connectivity index (χ3n) is 3.40. The molecule has 122 valence electrons.